The summed E-state index contributed by atoms with van der Waals surface area (Å²) in [6, 6.07) is 1.19. The Hall–Kier alpha value is -1.87. The first-order chi connectivity index (χ1) is 11.3. The molecule has 3 rings (SSSR count). The predicted octanol–water partition coefficient (Wildman–Crippen LogP) is 3.39. The molecule has 1 aromatic heterocycles. The number of primary sulfonamides is 1. The van der Waals surface area contributed by atoms with Gasteiger partial charge < -0.3 is 4.52 Å². The van der Waals surface area contributed by atoms with Crippen LogP contribution in [0.25, 0.3) is 11.1 Å². The molecule has 9 heteroatoms. The lowest BCUT2D eigenvalue weighted by atomic mass is 9.94. The number of nitrogens with two attached hydrogens (primary N) is 1. The van der Waals surface area contributed by atoms with Gasteiger partial charge in [-0.3, -0.25) is 0 Å². The molecule has 0 radical (unpaired) electrons. The molecule has 0 aliphatic heterocycles. The summed E-state index contributed by atoms with van der Waals surface area (Å²) in [6.45, 7) is -1.03. The van der Waals surface area contributed by atoms with E-state index in [2.05, 4.69) is 5.16 Å². The Kier molecular flexibility index (Phi) is 4.39. The second-order valence-corrected chi connectivity index (χ2v) is 7.32. The first-order valence-electron chi connectivity index (χ1n) is 7.39. The van der Waals surface area contributed by atoms with E-state index in [9.17, 15) is 21.6 Å². The van der Waals surface area contributed by atoms with Gasteiger partial charge in [0.05, 0.1) is 11.3 Å². The molecule has 0 unspecified atom stereocenters. The van der Waals surface area contributed by atoms with Crippen molar-refractivity contribution in [2.24, 2.45) is 5.14 Å². The van der Waals surface area contributed by atoms with Crippen molar-refractivity contribution >= 4 is 10.0 Å². The van der Waals surface area contributed by atoms with Crippen LogP contribution in [0.1, 0.15) is 43.1 Å². The molecule has 1 aromatic carbocycles. The zero-order valence-corrected chi connectivity index (χ0v) is 13.4. The molecule has 0 bridgehead atoms. The average Bonchev–Trinajstić information content (AvgIpc) is 3.15. The van der Waals surface area contributed by atoms with E-state index in [0.29, 0.717) is 17.8 Å². The van der Waals surface area contributed by atoms with Crippen LogP contribution in [0.15, 0.2) is 21.6 Å². The number of aromatic nitrogens is 1. The van der Waals surface area contributed by atoms with Crippen LogP contribution in [0.5, 0.6) is 0 Å². The quantitative estimate of drug-likeness (QED) is 0.905. The van der Waals surface area contributed by atoms with Gasteiger partial charge in [-0.05, 0) is 25.0 Å². The number of nitrogens with zero attached hydrogens (tertiary/aromatic N) is 1. The Bertz CT molecular complexity index is 874. The highest BCUT2D eigenvalue weighted by atomic mass is 32.2. The van der Waals surface area contributed by atoms with Crippen molar-refractivity contribution in [2.75, 3.05) is 0 Å². The Morgan fingerprint density at radius 1 is 1.21 bits per heavy atom. The maximum absolute atomic E-state index is 14.4. The Labute approximate surface area is 136 Å². The van der Waals surface area contributed by atoms with Crippen molar-refractivity contribution in [3.8, 4) is 11.1 Å². The molecule has 2 N–H and O–H groups in total. The molecule has 0 saturated heterocycles. The van der Waals surface area contributed by atoms with E-state index >= 15 is 0 Å². The normalized spacial score (nSPS) is 16.0. The van der Waals surface area contributed by atoms with Crippen molar-refractivity contribution < 1.29 is 26.1 Å². The fourth-order valence-electron chi connectivity index (χ4n) is 3.13. The summed E-state index contributed by atoms with van der Waals surface area (Å²) in [5, 5.41) is 8.70. The van der Waals surface area contributed by atoms with E-state index in [1.807, 2.05) is 0 Å². The maximum atomic E-state index is 14.4. The van der Waals surface area contributed by atoms with Crippen LogP contribution < -0.4 is 5.14 Å². The van der Waals surface area contributed by atoms with Gasteiger partial charge in [-0.1, -0.05) is 18.0 Å². The molecule has 1 fully saturated rings. The molecule has 1 saturated carbocycles. The second-order valence-electron chi connectivity index (χ2n) is 5.79. The van der Waals surface area contributed by atoms with Gasteiger partial charge in [0.25, 0.3) is 0 Å². The minimum absolute atomic E-state index is 0.0237. The van der Waals surface area contributed by atoms with Gasteiger partial charge in [-0.25, -0.2) is 26.7 Å². The minimum atomic E-state index is -4.41. The molecule has 0 spiro atoms. The monoisotopic (exact) mass is 360 g/mol. The molecule has 1 heterocycles. The van der Waals surface area contributed by atoms with Crippen LogP contribution in [0.3, 0.4) is 0 Å². The largest absolute Gasteiger partial charge is 0.358 e. The highest BCUT2D eigenvalue weighted by Gasteiger charge is 2.30. The minimum Gasteiger partial charge on any atom is -0.358 e. The average molecular weight is 360 g/mol. The first kappa shape index (κ1) is 17.0. The fourth-order valence-corrected chi connectivity index (χ4v) is 3.73. The van der Waals surface area contributed by atoms with Crippen LogP contribution in [0.4, 0.5) is 13.2 Å². The van der Waals surface area contributed by atoms with Crippen molar-refractivity contribution in [3.05, 3.63) is 35.2 Å². The van der Waals surface area contributed by atoms with Gasteiger partial charge in [-0.15, -0.1) is 0 Å². The fraction of sp³-hybridized carbons (Fsp3) is 0.400. The van der Waals surface area contributed by atoms with Crippen molar-refractivity contribution in [3.63, 3.8) is 0 Å². The second kappa shape index (κ2) is 6.21. The zero-order valence-electron chi connectivity index (χ0n) is 12.6. The molecule has 1 aliphatic carbocycles. The van der Waals surface area contributed by atoms with Gasteiger partial charge in [-0.2, -0.15) is 0 Å². The Morgan fingerprint density at radius 3 is 2.46 bits per heavy atom. The van der Waals surface area contributed by atoms with E-state index in [0.717, 1.165) is 25.7 Å². The van der Waals surface area contributed by atoms with Crippen molar-refractivity contribution in [2.45, 2.75) is 43.2 Å². The molecule has 2 aromatic rings. The lowest BCUT2D eigenvalue weighted by Crippen LogP contribution is -2.14. The Morgan fingerprint density at radius 2 is 1.88 bits per heavy atom. The smallest absolute Gasteiger partial charge is 0.241 e. The molecular weight excluding hydrogens is 345 g/mol. The number of hydrogen-bond acceptors (Lipinski definition) is 4. The molecule has 24 heavy (non-hydrogen) atoms. The van der Waals surface area contributed by atoms with Gasteiger partial charge in [0, 0.05) is 11.5 Å². The van der Waals surface area contributed by atoms with Crippen molar-refractivity contribution in [1.82, 2.24) is 5.16 Å². The third-order valence-corrected chi connectivity index (χ3v) is 5.18. The summed E-state index contributed by atoms with van der Waals surface area (Å²) in [7, 11) is -4.41. The molecule has 0 atom stereocenters. The molecule has 130 valence electrons. The van der Waals surface area contributed by atoms with E-state index in [-0.39, 0.29) is 22.8 Å². The number of benzene rings is 1. The number of halogens is 3. The van der Waals surface area contributed by atoms with Crippen LogP contribution >= 0.6 is 0 Å². The number of sulfonamides is 1. The van der Waals surface area contributed by atoms with Gasteiger partial charge in [0.15, 0.2) is 12.4 Å². The highest BCUT2D eigenvalue weighted by Crippen LogP contribution is 2.41. The lowest BCUT2D eigenvalue weighted by Gasteiger charge is -2.11. The third-order valence-electron chi connectivity index (χ3n) is 4.25. The van der Waals surface area contributed by atoms with Gasteiger partial charge in [0.1, 0.15) is 16.5 Å². The Balaban J connectivity index is 2.19. The van der Waals surface area contributed by atoms with E-state index in [4.69, 9.17) is 9.66 Å². The molecule has 0 amide bonds. The summed E-state index contributed by atoms with van der Waals surface area (Å²) in [4.78, 5) is -0.954. The molecule has 1 aliphatic rings. The van der Waals surface area contributed by atoms with E-state index in [1.165, 1.54) is 0 Å². The van der Waals surface area contributed by atoms with Crippen LogP contribution in [0, 0.1) is 11.6 Å². The van der Waals surface area contributed by atoms with Crippen molar-refractivity contribution in [1.29, 1.82) is 0 Å². The van der Waals surface area contributed by atoms with Crippen LogP contribution in [0.2, 0.25) is 0 Å². The number of rotatable bonds is 4. The summed E-state index contributed by atoms with van der Waals surface area (Å²) in [6.07, 6.45) is 3.52. The van der Waals surface area contributed by atoms with E-state index < -0.39 is 33.2 Å². The predicted molar refractivity (Wildman–Crippen MR) is 79.2 cm³/mol. The summed E-state index contributed by atoms with van der Waals surface area (Å²) < 4.78 is 69.2. The van der Waals surface area contributed by atoms with Crippen LogP contribution in [-0.2, 0) is 16.7 Å². The number of alkyl halides is 1. The van der Waals surface area contributed by atoms with Gasteiger partial charge in [0.2, 0.25) is 10.0 Å². The number of hydrogen-bond donors (Lipinski definition) is 1. The summed E-state index contributed by atoms with van der Waals surface area (Å²) in [5.74, 6) is -2.47. The maximum Gasteiger partial charge on any atom is 0.241 e. The lowest BCUT2D eigenvalue weighted by molar-refractivity contribution is 0.325. The summed E-state index contributed by atoms with van der Waals surface area (Å²) >= 11 is 0. The molecule has 5 nitrogen and oxygen atoms in total. The SMILES string of the molecule is NS(=O)(=O)c1cc(F)c(-c2c(C3CCCC3)noc2CF)cc1F. The topological polar surface area (TPSA) is 86.2 Å². The third kappa shape index (κ3) is 2.93. The highest BCUT2D eigenvalue weighted by molar-refractivity contribution is 7.89. The standard InChI is InChI=1S/C15H15F3N2O3S/c16-7-12-14(15(20-23-12)8-3-1-2-4-8)9-5-11(18)13(6-10(9)17)24(19,21)22/h5-6,8H,1-4,7H2,(H2,19,21,22). The van der Waals surface area contributed by atoms with Crippen LogP contribution in [-0.4, -0.2) is 13.6 Å². The van der Waals surface area contributed by atoms with Gasteiger partial charge >= 0.3 is 0 Å². The summed E-state index contributed by atoms with van der Waals surface area (Å²) in [5.41, 5.74) is 0.152. The molecular formula is C15H15F3N2O3S. The van der Waals surface area contributed by atoms with E-state index in [1.54, 1.807) is 0 Å². The first-order valence-corrected chi connectivity index (χ1v) is 8.94. The zero-order chi connectivity index (χ0) is 17.5.